The quantitative estimate of drug-likeness (QED) is 0.741. The zero-order valence-electron chi connectivity index (χ0n) is 12.6. The second-order valence-corrected chi connectivity index (χ2v) is 6.11. The summed E-state index contributed by atoms with van der Waals surface area (Å²) in [4.78, 5) is 26.6. The first kappa shape index (κ1) is 16.7. The molecule has 0 bridgehead atoms. The molecule has 0 aromatic rings. The summed E-state index contributed by atoms with van der Waals surface area (Å²) in [6, 6.07) is -0.598. The zero-order chi connectivity index (χ0) is 15.3. The molecule has 1 atom stereocenters. The fourth-order valence-electron chi connectivity index (χ4n) is 1.94. The predicted octanol–water partition coefficient (Wildman–Crippen LogP) is -0.258. The second-order valence-electron chi connectivity index (χ2n) is 6.11. The van der Waals surface area contributed by atoms with Crippen LogP contribution in [0.3, 0.4) is 0 Å². The molecule has 4 N–H and O–H groups in total. The van der Waals surface area contributed by atoms with Gasteiger partial charge in [-0.05, 0) is 27.2 Å². The van der Waals surface area contributed by atoms with Crippen LogP contribution in [0.4, 0.5) is 4.79 Å². The van der Waals surface area contributed by atoms with E-state index in [1.165, 1.54) is 0 Å². The molecule has 1 aliphatic rings. The number of hydrogen-bond donors (Lipinski definition) is 2. The molecule has 1 fully saturated rings. The summed E-state index contributed by atoms with van der Waals surface area (Å²) in [5, 5.41) is 0. The maximum Gasteiger partial charge on any atom is 0.410 e. The van der Waals surface area contributed by atoms with Crippen LogP contribution in [-0.2, 0) is 9.53 Å². The van der Waals surface area contributed by atoms with Gasteiger partial charge in [0.05, 0.1) is 6.04 Å². The van der Waals surface area contributed by atoms with Gasteiger partial charge in [0, 0.05) is 32.7 Å². The molecule has 1 unspecified atom stereocenters. The van der Waals surface area contributed by atoms with Gasteiger partial charge in [0.25, 0.3) is 0 Å². The van der Waals surface area contributed by atoms with Crippen LogP contribution in [0.15, 0.2) is 0 Å². The van der Waals surface area contributed by atoms with Crippen molar-refractivity contribution < 1.29 is 14.3 Å². The van der Waals surface area contributed by atoms with E-state index in [1.54, 1.807) is 4.90 Å². The van der Waals surface area contributed by atoms with Gasteiger partial charge in [-0.1, -0.05) is 0 Å². The van der Waals surface area contributed by atoms with Crippen LogP contribution in [0.2, 0.25) is 0 Å². The second kappa shape index (κ2) is 6.90. The Balaban J connectivity index is 2.29. The Morgan fingerprint density at radius 2 is 1.75 bits per heavy atom. The monoisotopic (exact) mass is 286 g/mol. The molecular weight excluding hydrogens is 260 g/mol. The molecule has 20 heavy (non-hydrogen) atoms. The summed E-state index contributed by atoms with van der Waals surface area (Å²) in [5.41, 5.74) is 10.2. The predicted molar refractivity (Wildman–Crippen MR) is 76.0 cm³/mol. The van der Waals surface area contributed by atoms with Gasteiger partial charge in [-0.2, -0.15) is 0 Å². The van der Waals surface area contributed by atoms with Crippen LogP contribution >= 0.6 is 0 Å². The summed E-state index contributed by atoms with van der Waals surface area (Å²) in [6.07, 6.45) is 0.271. The summed E-state index contributed by atoms with van der Waals surface area (Å²) < 4.78 is 5.33. The van der Waals surface area contributed by atoms with Crippen molar-refractivity contribution >= 4 is 12.0 Å². The highest BCUT2D eigenvalue weighted by atomic mass is 16.6. The van der Waals surface area contributed by atoms with Gasteiger partial charge < -0.3 is 21.1 Å². The van der Waals surface area contributed by atoms with E-state index >= 15 is 0 Å². The molecule has 116 valence electrons. The van der Waals surface area contributed by atoms with Gasteiger partial charge in [-0.3, -0.25) is 9.69 Å². The molecule has 0 aromatic carbocycles. The van der Waals surface area contributed by atoms with Crippen LogP contribution in [0.5, 0.6) is 0 Å². The van der Waals surface area contributed by atoms with Crippen molar-refractivity contribution in [3.8, 4) is 0 Å². The lowest BCUT2D eigenvalue weighted by Crippen LogP contribution is -2.51. The van der Waals surface area contributed by atoms with E-state index in [0.29, 0.717) is 26.1 Å². The Bertz CT molecular complexity index is 346. The van der Waals surface area contributed by atoms with E-state index in [0.717, 1.165) is 13.1 Å². The number of amides is 2. The third kappa shape index (κ3) is 5.75. The average Bonchev–Trinajstić information content (AvgIpc) is 2.34. The molecule has 2 amide bonds. The zero-order valence-corrected chi connectivity index (χ0v) is 12.6. The van der Waals surface area contributed by atoms with Gasteiger partial charge in [0.1, 0.15) is 5.60 Å². The molecular formula is C13H26N4O3. The summed E-state index contributed by atoms with van der Waals surface area (Å²) in [5.74, 6) is -0.475. The number of rotatable bonds is 4. The molecule has 1 aliphatic heterocycles. The fourth-order valence-corrected chi connectivity index (χ4v) is 1.94. The van der Waals surface area contributed by atoms with Crippen LogP contribution in [0.25, 0.3) is 0 Å². The largest absolute Gasteiger partial charge is 0.444 e. The molecule has 0 saturated carbocycles. The van der Waals surface area contributed by atoms with Gasteiger partial charge in [0.2, 0.25) is 5.91 Å². The minimum absolute atomic E-state index is 0.272. The van der Waals surface area contributed by atoms with E-state index < -0.39 is 17.6 Å². The molecule has 0 spiro atoms. The average molecular weight is 286 g/mol. The number of piperazine rings is 1. The lowest BCUT2D eigenvalue weighted by molar-refractivity contribution is -0.119. The van der Waals surface area contributed by atoms with Crippen molar-refractivity contribution in [3.63, 3.8) is 0 Å². The van der Waals surface area contributed by atoms with E-state index in [-0.39, 0.29) is 6.09 Å². The summed E-state index contributed by atoms with van der Waals surface area (Å²) in [7, 11) is 0. The van der Waals surface area contributed by atoms with Crippen molar-refractivity contribution in [1.82, 2.24) is 9.80 Å². The van der Waals surface area contributed by atoms with Crippen LogP contribution in [0, 0.1) is 0 Å². The highest BCUT2D eigenvalue weighted by Crippen LogP contribution is 2.12. The van der Waals surface area contributed by atoms with E-state index in [1.807, 2.05) is 20.8 Å². The van der Waals surface area contributed by atoms with Gasteiger partial charge in [-0.15, -0.1) is 0 Å². The fraction of sp³-hybridized carbons (Fsp3) is 0.846. The van der Waals surface area contributed by atoms with Crippen molar-refractivity contribution in [1.29, 1.82) is 0 Å². The number of ether oxygens (including phenoxy) is 1. The number of primary amides is 1. The molecule has 0 aromatic heterocycles. The van der Waals surface area contributed by atoms with E-state index in [2.05, 4.69) is 4.90 Å². The Labute approximate surface area is 120 Å². The Morgan fingerprint density at radius 1 is 1.20 bits per heavy atom. The van der Waals surface area contributed by atoms with Crippen molar-refractivity contribution in [2.24, 2.45) is 11.5 Å². The number of hydrogen-bond acceptors (Lipinski definition) is 5. The van der Waals surface area contributed by atoms with Crippen LogP contribution < -0.4 is 11.5 Å². The van der Waals surface area contributed by atoms with Gasteiger partial charge in [-0.25, -0.2) is 4.79 Å². The molecule has 0 aliphatic carbocycles. The Hall–Kier alpha value is -1.34. The number of carbonyl (C=O) groups excluding carboxylic acids is 2. The van der Waals surface area contributed by atoms with Crippen LogP contribution in [-0.4, -0.2) is 66.2 Å². The number of nitrogens with zero attached hydrogens (tertiary/aromatic N) is 2. The molecule has 0 radical (unpaired) electrons. The lowest BCUT2D eigenvalue weighted by atomic mass is 10.2. The van der Waals surface area contributed by atoms with E-state index in [9.17, 15) is 9.59 Å². The third-order valence-corrected chi connectivity index (χ3v) is 3.15. The molecule has 1 rings (SSSR count). The molecule has 1 saturated heterocycles. The Kier molecular flexibility index (Phi) is 5.76. The first-order valence-electron chi connectivity index (χ1n) is 6.94. The SMILES string of the molecule is CC(C)(C)OC(=O)N1CCN(CCC(N)C(N)=O)CC1. The highest BCUT2D eigenvalue weighted by molar-refractivity contribution is 5.79. The standard InChI is InChI=1S/C13H26N4O3/c1-13(2,3)20-12(19)17-8-6-16(7-9-17)5-4-10(14)11(15)18/h10H,4-9,14H2,1-3H3,(H2,15,18). The number of nitrogens with two attached hydrogens (primary N) is 2. The molecule has 7 heteroatoms. The molecule has 1 heterocycles. The van der Waals surface area contributed by atoms with Crippen LogP contribution in [0.1, 0.15) is 27.2 Å². The lowest BCUT2D eigenvalue weighted by Gasteiger charge is -2.35. The van der Waals surface area contributed by atoms with Crippen molar-refractivity contribution in [2.45, 2.75) is 38.8 Å². The maximum absolute atomic E-state index is 11.9. The molecule has 7 nitrogen and oxygen atoms in total. The number of carbonyl (C=O) groups is 2. The topological polar surface area (TPSA) is 102 Å². The van der Waals surface area contributed by atoms with Crippen molar-refractivity contribution in [2.75, 3.05) is 32.7 Å². The minimum Gasteiger partial charge on any atom is -0.444 e. The summed E-state index contributed by atoms with van der Waals surface area (Å²) in [6.45, 7) is 9.04. The summed E-state index contributed by atoms with van der Waals surface area (Å²) >= 11 is 0. The normalized spacial score (nSPS) is 18.7. The van der Waals surface area contributed by atoms with Gasteiger partial charge in [0.15, 0.2) is 0 Å². The Morgan fingerprint density at radius 3 is 2.20 bits per heavy atom. The smallest absolute Gasteiger partial charge is 0.410 e. The van der Waals surface area contributed by atoms with Gasteiger partial charge >= 0.3 is 6.09 Å². The van der Waals surface area contributed by atoms with E-state index in [4.69, 9.17) is 16.2 Å². The maximum atomic E-state index is 11.9. The highest BCUT2D eigenvalue weighted by Gasteiger charge is 2.26. The first-order valence-corrected chi connectivity index (χ1v) is 6.94. The third-order valence-electron chi connectivity index (χ3n) is 3.15. The minimum atomic E-state index is -0.598. The van der Waals surface area contributed by atoms with Crippen molar-refractivity contribution in [3.05, 3.63) is 0 Å². The first-order chi connectivity index (χ1) is 9.19.